The Morgan fingerprint density at radius 1 is 1.53 bits per heavy atom. The van der Waals surface area contributed by atoms with Crippen LogP contribution in [-0.2, 0) is 4.74 Å². The minimum Gasteiger partial charge on any atom is -0.462 e. The Kier molecular flexibility index (Phi) is 4.09. The maximum absolute atomic E-state index is 11.5. The van der Waals surface area contributed by atoms with Crippen LogP contribution in [0.15, 0.2) is 12.1 Å². The van der Waals surface area contributed by atoms with Crippen LogP contribution < -0.4 is 0 Å². The van der Waals surface area contributed by atoms with Crippen LogP contribution in [0.5, 0.6) is 0 Å². The molecule has 82 valence electrons. The minimum absolute atomic E-state index is 0.312. The van der Waals surface area contributed by atoms with Crippen LogP contribution in [0.1, 0.15) is 29.9 Å². The number of carbonyl (C=O) groups is 1. The van der Waals surface area contributed by atoms with Gasteiger partial charge in [0.25, 0.3) is 0 Å². The van der Waals surface area contributed by atoms with Crippen molar-refractivity contribution in [2.45, 2.75) is 20.8 Å². The number of carbonyl (C=O) groups excluding carboxylic acids is 1. The molecule has 0 aliphatic rings. The molecule has 4 heteroatoms. The highest BCUT2D eigenvalue weighted by atomic mass is 35.5. The molecule has 0 saturated carbocycles. The van der Waals surface area contributed by atoms with Gasteiger partial charge in [0.15, 0.2) is 0 Å². The lowest BCUT2D eigenvalue weighted by atomic mass is 10.2. The van der Waals surface area contributed by atoms with Gasteiger partial charge in [-0.1, -0.05) is 25.4 Å². The summed E-state index contributed by atoms with van der Waals surface area (Å²) in [5.41, 5.74) is 1.16. The van der Waals surface area contributed by atoms with E-state index in [1.165, 1.54) is 6.07 Å². The molecule has 0 aliphatic carbocycles. The van der Waals surface area contributed by atoms with Crippen molar-refractivity contribution in [3.8, 4) is 0 Å². The third-order valence-electron chi connectivity index (χ3n) is 1.71. The first kappa shape index (κ1) is 12.0. The van der Waals surface area contributed by atoms with E-state index in [0.29, 0.717) is 28.9 Å². The Morgan fingerprint density at radius 2 is 2.20 bits per heavy atom. The smallest absolute Gasteiger partial charge is 0.338 e. The largest absolute Gasteiger partial charge is 0.462 e. The van der Waals surface area contributed by atoms with Gasteiger partial charge in [0.1, 0.15) is 5.15 Å². The van der Waals surface area contributed by atoms with Crippen molar-refractivity contribution in [1.29, 1.82) is 0 Å². The summed E-state index contributed by atoms with van der Waals surface area (Å²) in [6.45, 7) is 6.17. The molecule has 15 heavy (non-hydrogen) atoms. The summed E-state index contributed by atoms with van der Waals surface area (Å²) >= 11 is 5.74. The summed E-state index contributed by atoms with van der Waals surface area (Å²) in [4.78, 5) is 15.5. The van der Waals surface area contributed by atoms with Crippen LogP contribution in [0.4, 0.5) is 0 Å². The number of ether oxygens (including phenoxy) is 1. The molecule has 0 bridgehead atoms. The Balaban J connectivity index is 2.73. The van der Waals surface area contributed by atoms with E-state index in [1.54, 1.807) is 13.0 Å². The summed E-state index contributed by atoms with van der Waals surface area (Å²) in [5, 5.41) is 0.312. The highest BCUT2D eigenvalue weighted by Crippen LogP contribution is 2.11. The van der Waals surface area contributed by atoms with Gasteiger partial charge < -0.3 is 4.74 Å². The summed E-state index contributed by atoms with van der Waals surface area (Å²) in [5.74, 6) is -0.0246. The molecule has 0 saturated heterocycles. The first-order chi connectivity index (χ1) is 6.99. The number of aryl methyl sites for hydroxylation is 1. The third-order valence-corrected chi connectivity index (χ3v) is 1.90. The van der Waals surface area contributed by atoms with Crippen LogP contribution in [-0.4, -0.2) is 17.6 Å². The summed E-state index contributed by atoms with van der Waals surface area (Å²) in [6.07, 6.45) is 0. The van der Waals surface area contributed by atoms with Crippen molar-refractivity contribution in [2.75, 3.05) is 6.61 Å². The zero-order valence-electron chi connectivity index (χ0n) is 9.08. The van der Waals surface area contributed by atoms with E-state index in [2.05, 4.69) is 4.98 Å². The molecule has 0 atom stereocenters. The average molecular weight is 228 g/mol. The maximum Gasteiger partial charge on any atom is 0.338 e. The van der Waals surface area contributed by atoms with Crippen molar-refractivity contribution in [1.82, 2.24) is 4.98 Å². The Bertz CT molecular complexity index is 343. The molecular weight excluding hydrogens is 214 g/mol. The quantitative estimate of drug-likeness (QED) is 0.589. The zero-order chi connectivity index (χ0) is 11.4. The van der Waals surface area contributed by atoms with Gasteiger partial charge in [-0.3, -0.25) is 0 Å². The van der Waals surface area contributed by atoms with Gasteiger partial charge in [0.05, 0.1) is 12.2 Å². The standard InChI is InChI=1S/C11H14ClNO2/c1-7(2)6-15-11(14)9-4-8(3)13-10(12)5-9/h4-5,7H,6H2,1-3H3. The first-order valence-corrected chi connectivity index (χ1v) is 5.18. The van der Waals surface area contributed by atoms with E-state index in [9.17, 15) is 4.79 Å². The van der Waals surface area contributed by atoms with E-state index in [4.69, 9.17) is 16.3 Å². The molecule has 1 aromatic rings. The predicted octanol–water partition coefficient (Wildman–Crippen LogP) is 2.86. The fourth-order valence-corrected chi connectivity index (χ4v) is 1.32. The molecule has 0 aliphatic heterocycles. The van der Waals surface area contributed by atoms with Crippen molar-refractivity contribution in [2.24, 2.45) is 5.92 Å². The minimum atomic E-state index is -0.351. The molecule has 0 N–H and O–H groups in total. The number of halogens is 1. The number of rotatable bonds is 3. The molecule has 0 amide bonds. The Morgan fingerprint density at radius 3 is 2.73 bits per heavy atom. The van der Waals surface area contributed by atoms with Crippen LogP contribution >= 0.6 is 11.6 Å². The third kappa shape index (κ3) is 3.88. The number of hydrogen-bond acceptors (Lipinski definition) is 3. The number of hydrogen-bond donors (Lipinski definition) is 0. The fourth-order valence-electron chi connectivity index (χ4n) is 1.07. The molecule has 1 rings (SSSR count). The van der Waals surface area contributed by atoms with Gasteiger partial charge >= 0.3 is 5.97 Å². The van der Waals surface area contributed by atoms with Gasteiger partial charge in [-0.25, -0.2) is 9.78 Å². The topological polar surface area (TPSA) is 39.2 Å². The SMILES string of the molecule is Cc1cc(C(=O)OCC(C)C)cc(Cl)n1. The lowest BCUT2D eigenvalue weighted by Gasteiger charge is -2.07. The maximum atomic E-state index is 11.5. The van der Waals surface area contributed by atoms with Crippen molar-refractivity contribution < 1.29 is 9.53 Å². The van der Waals surface area contributed by atoms with E-state index in [-0.39, 0.29) is 5.97 Å². The lowest BCUT2D eigenvalue weighted by molar-refractivity contribution is 0.0458. The van der Waals surface area contributed by atoms with Crippen LogP contribution in [0.3, 0.4) is 0 Å². The monoisotopic (exact) mass is 227 g/mol. The summed E-state index contributed by atoms with van der Waals surface area (Å²) in [6, 6.07) is 3.17. The molecule has 1 heterocycles. The molecule has 0 aromatic carbocycles. The molecule has 0 unspecified atom stereocenters. The van der Waals surface area contributed by atoms with E-state index in [0.717, 1.165) is 0 Å². The van der Waals surface area contributed by atoms with Gasteiger partial charge in [-0.15, -0.1) is 0 Å². The lowest BCUT2D eigenvalue weighted by Crippen LogP contribution is -2.10. The summed E-state index contributed by atoms with van der Waals surface area (Å²) in [7, 11) is 0. The second kappa shape index (κ2) is 5.12. The van der Waals surface area contributed by atoms with Gasteiger partial charge in [-0.05, 0) is 25.0 Å². The normalized spacial score (nSPS) is 10.5. The van der Waals surface area contributed by atoms with Crippen molar-refractivity contribution in [3.63, 3.8) is 0 Å². The second-order valence-corrected chi connectivity index (χ2v) is 4.20. The molecule has 3 nitrogen and oxygen atoms in total. The fraction of sp³-hybridized carbons (Fsp3) is 0.455. The van der Waals surface area contributed by atoms with Crippen molar-refractivity contribution >= 4 is 17.6 Å². The Labute approximate surface area is 94.4 Å². The average Bonchev–Trinajstić information content (AvgIpc) is 2.12. The highest BCUT2D eigenvalue weighted by molar-refractivity contribution is 6.29. The van der Waals surface area contributed by atoms with Gasteiger partial charge in [0, 0.05) is 5.69 Å². The Hall–Kier alpha value is -1.09. The molecule has 0 spiro atoms. The number of aromatic nitrogens is 1. The molecular formula is C11H14ClNO2. The first-order valence-electron chi connectivity index (χ1n) is 4.80. The molecule has 1 aromatic heterocycles. The zero-order valence-corrected chi connectivity index (χ0v) is 9.84. The van der Waals surface area contributed by atoms with Gasteiger partial charge in [-0.2, -0.15) is 0 Å². The predicted molar refractivity (Wildman–Crippen MR) is 59.1 cm³/mol. The van der Waals surface area contributed by atoms with E-state index >= 15 is 0 Å². The second-order valence-electron chi connectivity index (χ2n) is 3.81. The number of esters is 1. The number of pyridine rings is 1. The van der Waals surface area contributed by atoms with Crippen LogP contribution in [0.2, 0.25) is 5.15 Å². The highest BCUT2D eigenvalue weighted by Gasteiger charge is 2.09. The van der Waals surface area contributed by atoms with Crippen LogP contribution in [0, 0.1) is 12.8 Å². The van der Waals surface area contributed by atoms with E-state index in [1.807, 2.05) is 13.8 Å². The van der Waals surface area contributed by atoms with Crippen molar-refractivity contribution in [3.05, 3.63) is 28.5 Å². The van der Waals surface area contributed by atoms with E-state index < -0.39 is 0 Å². The summed E-state index contributed by atoms with van der Waals surface area (Å²) < 4.78 is 5.07. The number of nitrogens with zero attached hydrogens (tertiary/aromatic N) is 1. The van der Waals surface area contributed by atoms with Gasteiger partial charge in [0.2, 0.25) is 0 Å². The molecule has 0 radical (unpaired) electrons. The molecule has 0 fully saturated rings. The van der Waals surface area contributed by atoms with Crippen LogP contribution in [0.25, 0.3) is 0 Å².